The molecule has 0 radical (unpaired) electrons. The molecule has 3 aliphatic heterocycles. The van der Waals surface area contributed by atoms with Crippen LogP contribution in [0.15, 0.2) is 131 Å². The van der Waals surface area contributed by atoms with E-state index >= 15 is 0 Å². The highest BCUT2D eigenvalue weighted by molar-refractivity contribution is 8.33. The molecule has 0 N–H and O–H groups in total. The number of fused-ring (bicyclic) bond motifs is 12. The number of hydrogen-bond acceptors (Lipinski definition) is 3. The number of benzene rings is 7. The van der Waals surface area contributed by atoms with E-state index in [0.29, 0.717) is 0 Å². The Labute approximate surface area is 460 Å². The van der Waals surface area contributed by atoms with E-state index < -0.39 is 10.0 Å². The standard InChI is InChI=1S/C71H77BN2S2/c1-42-33-58-63-59(34-42)74(56-39-53-51(68(6,7)29-31-70(53,10)11)36-46(56)43-21-17-16-18-22-43)57-38-47-45-23-19-20-24-61(45)76(14,15)62(47)41-55(57)72(63)65-64(48-37-52-54(40-60(48)75-65)71(12,13)32-30-69(52,8)9)73(58)44-25-26-49-50(35-44)67(4,5)28-27-66(49,2)3/h16-26,33-41H,27-32H2,1-15H3. The molecule has 4 heterocycles. The van der Waals surface area contributed by atoms with Gasteiger partial charge in [-0.1, -0.05) is 144 Å². The average molecular weight is 1030 g/mol. The zero-order chi connectivity index (χ0) is 53.2. The smallest absolute Gasteiger partial charge is 0.264 e. The monoisotopic (exact) mass is 1030 g/mol. The second kappa shape index (κ2) is 15.6. The van der Waals surface area contributed by atoms with Crippen molar-refractivity contribution in [3.63, 3.8) is 0 Å². The average Bonchev–Trinajstić information content (AvgIpc) is 3.86. The first-order chi connectivity index (χ1) is 35.8. The van der Waals surface area contributed by atoms with E-state index in [1.54, 1.807) is 0 Å². The molecule has 386 valence electrons. The van der Waals surface area contributed by atoms with Crippen LogP contribution < -0.4 is 25.5 Å². The lowest BCUT2D eigenvalue weighted by Gasteiger charge is -2.46. The van der Waals surface area contributed by atoms with Crippen molar-refractivity contribution in [2.75, 3.05) is 22.3 Å². The lowest BCUT2D eigenvalue weighted by molar-refractivity contribution is 0.332. The van der Waals surface area contributed by atoms with Crippen LogP contribution in [-0.4, -0.2) is 19.2 Å². The Morgan fingerprint density at radius 2 is 0.987 bits per heavy atom. The number of anilines is 6. The van der Waals surface area contributed by atoms with Gasteiger partial charge in [0.05, 0.1) is 11.4 Å². The van der Waals surface area contributed by atoms with E-state index in [1.807, 2.05) is 0 Å². The van der Waals surface area contributed by atoms with Gasteiger partial charge >= 0.3 is 0 Å². The fourth-order valence-electron chi connectivity index (χ4n) is 15.5. The van der Waals surface area contributed by atoms with Crippen molar-refractivity contribution < 1.29 is 0 Å². The normalized spacial score (nSPS) is 21.1. The van der Waals surface area contributed by atoms with Crippen molar-refractivity contribution >= 4 is 88.0 Å². The third kappa shape index (κ3) is 6.72. The predicted octanol–water partition coefficient (Wildman–Crippen LogP) is 18.5. The first-order valence-corrected chi connectivity index (χ1v) is 31.8. The van der Waals surface area contributed by atoms with Gasteiger partial charge < -0.3 is 9.80 Å². The summed E-state index contributed by atoms with van der Waals surface area (Å²) in [7, 11) is -1.33. The topological polar surface area (TPSA) is 6.48 Å². The quantitative estimate of drug-likeness (QED) is 0.163. The largest absolute Gasteiger partial charge is 0.311 e. The van der Waals surface area contributed by atoms with Crippen LogP contribution in [0.2, 0.25) is 0 Å². The van der Waals surface area contributed by atoms with E-state index in [1.165, 1.54) is 163 Å². The summed E-state index contributed by atoms with van der Waals surface area (Å²) in [4.78, 5) is 8.58. The zero-order valence-electron chi connectivity index (χ0n) is 48.1. The predicted molar refractivity (Wildman–Crippen MR) is 333 cm³/mol. The Bertz CT molecular complexity index is 3840. The molecule has 0 fully saturated rings. The SMILES string of the molecule is Cc1cc2c3c(c1)N(c1ccc4c(c1)C(C)(C)CCC4(C)C)c1c(sc4cc5c(cc14)C(C)(C)CCC5(C)C)B3c1cc3c(cc1N2c1cc2c(cc1-c1ccccc1)C(C)(C)CCC2(C)C)-c1ccccc1S3(C)C. The zero-order valence-corrected chi connectivity index (χ0v) is 49.7. The summed E-state index contributed by atoms with van der Waals surface area (Å²) in [6.07, 6.45) is 12.2. The fourth-order valence-corrected chi connectivity index (χ4v) is 19.3. The summed E-state index contributed by atoms with van der Waals surface area (Å²) in [5.74, 6) is 0. The number of rotatable bonds is 3. The minimum absolute atomic E-state index is 0.0200. The highest BCUT2D eigenvalue weighted by Crippen LogP contribution is 2.68. The maximum atomic E-state index is 2.78. The van der Waals surface area contributed by atoms with Gasteiger partial charge in [0.15, 0.2) is 0 Å². The summed E-state index contributed by atoms with van der Waals surface area (Å²) in [6.45, 7) is 32.3. The van der Waals surface area contributed by atoms with Crippen molar-refractivity contribution in [3.8, 4) is 22.3 Å². The molecule has 0 bridgehead atoms. The fraction of sp³-hybridized carbons (Fsp3) is 0.380. The van der Waals surface area contributed by atoms with Crippen LogP contribution >= 0.6 is 21.4 Å². The molecule has 8 aromatic rings. The van der Waals surface area contributed by atoms with Crippen LogP contribution in [0.4, 0.5) is 34.1 Å². The molecule has 0 spiro atoms. The molecule has 3 aliphatic carbocycles. The third-order valence-corrected chi connectivity index (χ3v) is 24.6. The van der Waals surface area contributed by atoms with Gasteiger partial charge in [-0.05, 0) is 218 Å². The molecule has 0 amide bonds. The highest BCUT2D eigenvalue weighted by atomic mass is 32.3. The van der Waals surface area contributed by atoms with Crippen molar-refractivity contribution in [2.24, 2.45) is 0 Å². The van der Waals surface area contributed by atoms with Gasteiger partial charge in [-0.2, -0.15) is 10.0 Å². The first-order valence-electron chi connectivity index (χ1n) is 28.6. The molecule has 6 aliphatic rings. The van der Waals surface area contributed by atoms with Gasteiger partial charge in [0.2, 0.25) is 0 Å². The Morgan fingerprint density at radius 3 is 1.63 bits per heavy atom. The Kier molecular flexibility index (Phi) is 10.0. The van der Waals surface area contributed by atoms with Crippen LogP contribution in [0.1, 0.15) is 161 Å². The van der Waals surface area contributed by atoms with Gasteiger partial charge in [-0.25, -0.2) is 0 Å². The maximum absolute atomic E-state index is 2.78. The Hall–Kier alpha value is -5.49. The summed E-state index contributed by atoms with van der Waals surface area (Å²) in [6, 6.07) is 49.5. The van der Waals surface area contributed by atoms with Crippen LogP contribution in [0, 0.1) is 6.92 Å². The summed E-state index contributed by atoms with van der Waals surface area (Å²) in [5.41, 5.74) is 26.9. The van der Waals surface area contributed by atoms with Gasteiger partial charge in [0.25, 0.3) is 6.71 Å². The van der Waals surface area contributed by atoms with Crippen molar-refractivity contribution in [2.45, 2.75) is 171 Å². The molecule has 5 heteroatoms. The number of aryl methyl sites for hydroxylation is 1. The van der Waals surface area contributed by atoms with Crippen molar-refractivity contribution in [1.82, 2.24) is 0 Å². The molecular weight excluding hydrogens is 956 g/mol. The molecule has 14 rings (SSSR count). The molecule has 2 nitrogen and oxygen atoms in total. The minimum Gasteiger partial charge on any atom is -0.311 e. The van der Waals surface area contributed by atoms with Gasteiger partial charge in [-0.3, -0.25) is 0 Å². The molecule has 0 unspecified atom stereocenters. The Morgan fingerprint density at radius 1 is 0.447 bits per heavy atom. The summed E-state index contributed by atoms with van der Waals surface area (Å²) < 4.78 is 2.89. The lowest BCUT2D eigenvalue weighted by atomic mass is 9.36. The van der Waals surface area contributed by atoms with E-state index in [9.17, 15) is 0 Å². The van der Waals surface area contributed by atoms with E-state index in [4.69, 9.17) is 0 Å². The number of thiophene rings is 1. The van der Waals surface area contributed by atoms with Gasteiger partial charge in [0.1, 0.15) is 0 Å². The maximum Gasteiger partial charge on any atom is 0.264 e. The number of nitrogens with zero attached hydrogens (tertiary/aromatic N) is 2. The molecule has 0 saturated carbocycles. The lowest BCUT2D eigenvalue weighted by Crippen LogP contribution is -2.60. The molecule has 0 atom stereocenters. The van der Waals surface area contributed by atoms with Crippen LogP contribution in [0.3, 0.4) is 0 Å². The molecule has 76 heavy (non-hydrogen) atoms. The van der Waals surface area contributed by atoms with Gasteiger partial charge in [-0.15, -0.1) is 11.3 Å². The second-order valence-electron chi connectivity index (χ2n) is 28.6. The van der Waals surface area contributed by atoms with E-state index in [-0.39, 0.29) is 39.2 Å². The van der Waals surface area contributed by atoms with Gasteiger partial charge in [0, 0.05) is 53.0 Å². The highest BCUT2D eigenvalue weighted by Gasteiger charge is 2.50. The Balaban J connectivity index is 1.14. The number of hydrogen-bond donors (Lipinski definition) is 0. The van der Waals surface area contributed by atoms with Crippen molar-refractivity contribution in [3.05, 3.63) is 160 Å². The first kappa shape index (κ1) is 48.9. The third-order valence-electron chi connectivity index (χ3n) is 20.5. The van der Waals surface area contributed by atoms with Crippen LogP contribution in [0.5, 0.6) is 0 Å². The van der Waals surface area contributed by atoms with Crippen LogP contribution in [-0.2, 0) is 32.5 Å². The minimum atomic E-state index is -1.33. The van der Waals surface area contributed by atoms with E-state index in [0.717, 1.165) is 6.42 Å². The molecule has 1 aromatic heterocycles. The van der Waals surface area contributed by atoms with Crippen LogP contribution in [0.25, 0.3) is 32.3 Å². The van der Waals surface area contributed by atoms with E-state index in [2.05, 4.69) is 245 Å². The molecule has 7 aromatic carbocycles. The molecule has 0 saturated heterocycles. The summed E-state index contributed by atoms with van der Waals surface area (Å²) >= 11 is 2.09. The second-order valence-corrected chi connectivity index (χ2v) is 33.2. The van der Waals surface area contributed by atoms with Crippen molar-refractivity contribution in [1.29, 1.82) is 0 Å². The molecular formula is C71H77BN2S2. The summed E-state index contributed by atoms with van der Waals surface area (Å²) in [5, 5.41) is 1.41.